The molecule has 1 aromatic carbocycles. The first kappa shape index (κ1) is 13.8. The Morgan fingerprint density at radius 3 is 3.00 bits per heavy atom. The Bertz CT molecular complexity index is 844. The van der Waals surface area contributed by atoms with Crippen LogP contribution in [0.3, 0.4) is 0 Å². The fourth-order valence-corrected chi connectivity index (χ4v) is 3.96. The molecule has 1 aromatic heterocycles. The van der Waals surface area contributed by atoms with Gasteiger partial charge in [0.1, 0.15) is 11.9 Å². The summed E-state index contributed by atoms with van der Waals surface area (Å²) in [7, 11) is 0. The fourth-order valence-electron chi connectivity index (χ4n) is 3.96. The second kappa shape index (κ2) is 5.49. The SMILES string of the molecule is C1=CCC2=Cn3ccnc3C3CN(Cc4ccccc4)CN3C2=C1. The lowest BCUT2D eigenvalue weighted by atomic mass is 10.0. The van der Waals surface area contributed by atoms with Crippen molar-refractivity contribution in [1.29, 1.82) is 0 Å². The summed E-state index contributed by atoms with van der Waals surface area (Å²) in [5.74, 6) is 1.15. The minimum absolute atomic E-state index is 0.315. The molecular formula is C20H20N4. The predicted molar refractivity (Wildman–Crippen MR) is 94.6 cm³/mol. The lowest BCUT2D eigenvalue weighted by molar-refractivity contribution is 0.264. The zero-order valence-electron chi connectivity index (χ0n) is 13.5. The smallest absolute Gasteiger partial charge is 0.136 e. The summed E-state index contributed by atoms with van der Waals surface area (Å²) in [6.45, 7) is 2.94. The molecule has 1 fully saturated rings. The summed E-state index contributed by atoms with van der Waals surface area (Å²) in [4.78, 5) is 9.69. The minimum Gasteiger partial charge on any atom is -0.347 e. The topological polar surface area (TPSA) is 24.3 Å². The molecule has 4 nitrogen and oxygen atoms in total. The van der Waals surface area contributed by atoms with Gasteiger partial charge in [0.15, 0.2) is 0 Å². The van der Waals surface area contributed by atoms with E-state index in [1.807, 2.05) is 6.20 Å². The summed E-state index contributed by atoms with van der Waals surface area (Å²) >= 11 is 0. The number of rotatable bonds is 2. The predicted octanol–water partition coefficient (Wildman–Crippen LogP) is 3.40. The van der Waals surface area contributed by atoms with E-state index in [9.17, 15) is 0 Å². The Morgan fingerprint density at radius 1 is 1.17 bits per heavy atom. The molecule has 0 N–H and O–H groups in total. The largest absolute Gasteiger partial charge is 0.347 e. The fraction of sp³-hybridized carbons (Fsp3) is 0.250. The molecule has 1 unspecified atom stereocenters. The molecule has 1 saturated heterocycles. The molecular weight excluding hydrogens is 296 g/mol. The summed E-state index contributed by atoms with van der Waals surface area (Å²) in [6.07, 6.45) is 13.9. The number of fused-ring (bicyclic) bond motifs is 5. The molecule has 0 amide bonds. The number of benzene rings is 1. The highest BCUT2D eigenvalue weighted by Gasteiger charge is 2.37. The number of allylic oxidation sites excluding steroid dienone is 4. The third kappa shape index (κ3) is 2.22. The normalized spacial score (nSPS) is 22.3. The first-order valence-electron chi connectivity index (χ1n) is 8.52. The Kier molecular flexibility index (Phi) is 3.16. The highest BCUT2D eigenvalue weighted by atomic mass is 15.4. The van der Waals surface area contributed by atoms with E-state index in [4.69, 9.17) is 0 Å². The Morgan fingerprint density at radius 2 is 2.08 bits per heavy atom. The van der Waals surface area contributed by atoms with E-state index in [1.54, 1.807) is 0 Å². The van der Waals surface area contributed by atoms with Crippen LogP contribution in [-0.4, -0.2) is 32.6 Å². The zero-order chi connectivity index (χ0) is 15.9. The van der Waals surface area contributed by atoms with Gasteiger partial charge in [0.05, 0.1) is 6.67 Å². The van der Waals surface area contributed by atoms with E-state index in [1.165, 1.54) is 16.8 Å². The van der Waals surface area contributed by atoms with Crippen molar-refractivity contribution >= 4 is 6.20 Å². The Balaban J connectivity index is 1.50. The summed E-state index contributed by atoms with van der Waals surface area (Å²) in [5.41, 5.74) is 4.09. The van der Waals surface area contributed by atoms with Crippen molar-refractivity contribution in [2.45, 2.75) is 19.0 Å². The summed E-state index contributed by atoms with van der Waals surface area (Å²) in [6, 6.07) is 11.0. The number of hydrogen-bond acceptors (Lipinski definition) is 3. The van der Waals surface area contributed by atoms with Gasteiger partial charge in [-0.2, -0.15) is 0 Å². The molecule has 1 aliphatic carbocycles. The van der Waals surface area contributed by atoms with Crippen LogP contribution in [0, 0.1) is 0 Å². The highest BCUT2D eigenvalue weighted by molar-refractivity contribution is 5.51. The molecule has 3 heterocycles. The maximum absolute atomic E-state index is 4.66. The molecule has 0 spiro atoms. The molecule has 4 heteroatoms. The van der Waals surface area contributed by atoms with Crippen molar-refractivity contribution in [2.75, 3.05) is 13.2 Å². The third-order valence-electron chi connectivity index (χ3n) is 5.07. The monoisotopic (exact) mass is 316 g/mol. The van der Waals surface area contributed by atoms with Gasteiger partial charge in [-0.15, -0.1) is 0 Å². The van der Waals surface area contributed by atoms with E-state index in [0.29, 0.717) is 6.04 Å². The van der Waals surface area contributed by atoms with Crippen LogP contribution < -0.4 is 0 Å². The van der Waals surface area contributed by atoms with E-state index in [0.717, 1.165) is 32.0 Å². The quantitative estimate of drug-likeness (QED) is 0.849. The van der Waals surface area contributed by atoms with Crippen LogP contribution >= 0.6 is 0 Å². The second-order valence-corrected chi connectivity index (χ2v) is 6.66. The van der Waals surface area contributed by atoms with Gasteiger partial charge in [0.25, 0.3) is 0 Å². The summed E-state index contributed by atoms with van der Waals surface area (Å²) < 4.78 is 2.21. The van der Waals surface area contributed by atoms with Crippen LogP contribution in [0.4, 0.5) is 0 Å². The van der Waals surface area contributed by atoms with Crippen LogP contribution in [0.1, 0.15) is 23.9 Å². The molecule has 3 aliphatic rings. The number of hydrogen-bond donors (Lipinski definition) is 0. The molecule has 120 valence electrons. The highest BCUT2D eigenvalue weighted by Crippen LogP contribution is 2.38. The Hall–Kier alpha value is -2.59. The van der Waals surface area contributed by atoms with Gasteiger partial charge < -0.3 is 9.47 Å². The average molecular weight is 316 g/mol. The zero-order valence-corrected chi connectivity index (χ0v) is 13.5. The van der Waals surface area contributed by atoms with Crippen molar-refractivity contribution in [1.82, 2.24) is 19.4 Å². The van der Waals surface area contributed by atoms with E-state index in [2.05, 4.69) is 80.3 Å². The second-order valence-electron chi connectivity index (χ2n) is 6.66. The molecule has 24 heavy (non-hydrogen) atoms. The van der Waals surface area contributed by atoms with E-state index in [-0.39, 0.29) is 0 Å². The van der Waals surface area contributed by atoms with Gasteiger partial charge in [-0.05, 0) is 23.6 Å². The van der Waals surface area contributed by atoms with Gasteiger partial charge in [0.2, 0.25) is 0 Å². The lowest BCUT2D eigenvalue weighted by Crippen LogP contribution is -2.26. The van der Waals surface area contributed by atoms with Gasteiger partial charge in [-0.25, -0.2) is 4.98 Å². The van der Waals surface area contributed by atoms with E-state index < -0.39 is 0 Å². The summed E-state index contributed by atoms with van der Waals surface area (Å²) in [5, 5.41) is 0. The van der Waals surface area contributed by atoms with Crippen molar-refractivity contribution in [3.63, 3.8) is 0 Å². The maximum atomic E-state index is 4.66. The molecule has 0 saturated carbocycles. The van der Waals surface area contributed by atoms with Crippen molar-refractivity contribution in [3.05, 3.63) is 83.6 Å². The van der Waals surface area contributed by atoms with Gasteiger partial charge in [0, 0.05) is 37.4 Å². The molecule has 2 aromatic rings. The molecule has 0 radical (unpaired) electrons. The van der Waals surface area contributed by atoms with Gasteiger partial charge in [-0.3, -0.25) is 4.90 Å². The number of nitrogens with zero attached hydrogens (tertiary/aromatic N) is 4. The van der Waals surface area contributed by atoms with Gasteiger partial charge in [-0.1, -0.05) is 42.5 Å². The standard InChI is InChI=1S/C20H20N4/c1-2-6-16(7-3-1)12-22-14-19-20-21-10-11-23(20)13-17-8-4-5-9-18(17)24(19)15-22/h1-7,9-11,13,19H,8,12,14-15H2. The van der Waals surface area contributed by atoms with Crippen LogP contribution in [0.2, 0.25) is 0 Å². The molecule has 0 bridgehead atoms. The van der Waals surface area contributed by atoms with Crippen LogP contribution in [0.25, 0.3) is 6.20 Å². The number of aromatic nitrogens is 2. The first-order chi connectivity index (χ1) is 11.9. The van der Waals surface area contributed by atoms with E-state index >= 15 is 0 Å². The first-order valence-corrected chi connectivity index (χ1v) is 8.52. The number of imidazole rings is 1. The van der Waals surface area contributed by atoms with Crippen molar-refractivity contribution in [3.8, 4) is 0 Å². The van der Waals surface area contributed by atoms with Gasteiger partial charge >= 0.3 is 0 Å². The van der Waals surface area contributed by atoms with Crippen molar-refractivity contribution < 1.29 is 0 Å². The van der Waals surface area contributed by atoms with Crippen LogP contribution in [0.5, 0.6) is 0 Å². The van der Waals surface area contributed by atoms with Crippen molar-refractivity contribution in [2.24, 2.45) is 0 Å². The van der Waals surface area contributed by atoms with Crippen LogP contribution in [-0.2, 0) is 6.54 Å². The molecule has 5 rings (SSSR count). The minimum atomic E-state index is 0.315. The van der Waals surface area contributed by atoms with Crippen LogP contribution in [0.15, 0.2) is 72.2 Å². The molecule has 1 atom stereocenters. The third-order valence-corrected chi connectivity index (χ3v) is 5.07. The maximum Gasteiger partial charge on any atom is 0.136 e. The average Bonchev–Trinajstić information content (AvgIpc) is 3.21. The Labute approximate surface area is 142 Å². The lowest BCUT2D eigenvalue weighted by Gasteiger charge is -2.27. The molecule has 2 aliphatic heterocycles.